The Kier molecular flexibility index (Phi) is 9.31. The number of halogens is 1. The monoisotopic (exact) mass is 436 g/mol. The van der Waals surface area contributed by atoms with Crippen molar-refractivity contribution >= 4 is 41.3 Å². The van der Waals surface area contributed by atoms with Crippen LogP contribution in [0.3, 0.4) is 0 Å². The van der Waals surface area contributed by atoms with E-state index in [1.54, 1.807) is 0 Å². The molecule has 0 amide bonds. The van der Waals surface area contributed by atoms with Gasteiger partial charge in [-0.1, -0.05) is 13.8 Å². The van der Waals surface area contributed by atoms with Crippen LogP contribution in [0.2, 0.25) is 0 Å². The first-order valence-electron chi connectivity index (χ1n) is 8.19. The Labute approximate surface area is 155 Å². The molecule has 22 heavy (non-hydrogen) atoms. The Morgan fingerprint density at radius 3 is 2.73 bits per heavy atom. The Morgan fingerprint density at radius 1 is 1.41 bits per heavy atom. The van der Waals surface area contributed by atoms with Crippen LogP contribution in [0.15, 0.2) is 11.2 Å². The lowest BCUT2D eigenvalue weighted by Gasteiger charge is -2.33. The van der Waals surface area contributed by atoms with Gasteiger partial charge in [-0.2, -0.15) is 0 Å². The predicted octanol–water partition coefficient (Wildman–Crippen LogP) is 3.56. The summed E-state index contributed by atoms with van der Waals surface area (Å²) in [5, 5.41) is 4.64. The number of aliphatic imine (C=N–C) groups is 1. The molecule has 1 N–H and O–H groups in total. The molecule has 0 spiro atoms. The van der Waals surface area contributed by atoms with Gasteiger partial charge in [0.25, 0.3) is 0 Å². The summed E-state index contributed by atoms with van der Waals surface area (Å²) in [5.74, 6) is 1.93. The quantitative estimate of drug-likeness (QED) is 0.436. The molecule has 1 aromatic heterocycles. The maximum absolute atomic E-state index is 4.79. The molecule has 0 aromatic carbocycles. The van der Waals surface area contributed by atoms with Gasteiger partial charge in [0, 0.05) is 43.7 Å². The van der Waals surface area contributed by atoms with Crippen LogP contribution in [-0.4, -0.2) is 42.0 Å². The van der Waals surface area contributed by atoms with E-state index >= 15 is 0 Å². The van der Waals surface area contributed by atoms with Gasteiger partial charge in [0.15, 0.2) is 5.96 Å². The van der Waals surface area contributed by atoms with Crippen LogP contribution in [0, 0.1) is 5.92 Å². The molecule has 0 bridgehead atoms. The van der Waals surface area contributed by atoms with Crippen LogP contribution in [0.25, 0.3) is 0 Å². The van der Waals surface area contributed by atoms with Crippen LogP contribution >= 0.6 is 35.3 Å². The fourth-order valence-electron chi connectivity index (χ4n) is 2.53. The zero-order valence-corrected chi connectivity index (χ0v) is 17.1. The maximum atomic E-state index is 4.79. The fourth-order valence-corrected chi connectivity index (χ4v) is 3.38. The lowest BCUT2D eigenvalue weighted by molar-refractivity contribution is 0.273. The number of guanidine groups is 1. The second-order valence-electron chi connectivity index (χ2n) is 5.73. The minimum atomic E-state index is 0. The first kappa shape index (κ1) is 19.7. The van der Waals surface area contributed by atoms with E-state index in [9.17, 15) is 0 Å². The van der Waals surface area contributed by atoms with Gasteiger partial charge in [-0.25, -0.2) is 4.98 Å². The average Bonchev–Trinajstić information content (AvgIpc) is 2.95. The van der Waals surface area contributed by atoms with E-state index in [1.165, 1.54) is 22.7 Å². The Morgan fingerprint density at radius 2 is 2.14 bits per heavy atom. The van der Waals surface area contributed by atoms with Crippen molar-refractivity contribution in [2.75, 3.05) is 26.2 Å². The molecule has 0 unspecified atom stereocenters. The highest BCUT2D eigenvalue weighted by Gasteiger charge is 2.18. The van der Waals surface area contributed by atoms with E-state index in [4.69, 9.17) is 4.99 Å². The zero-order chi connectivity index (χ0) is 15.1. The van der Waals surface area contributed by atoms with Crippen LogP contribution in [0.1, 0.15) is 43.5 Å². The number of likely N-dealkylation sites (tertiary alicyclic amines) is 1. The van der Waals surface area contributed by atoms with Crippen LogP contribution in [0.5, 0.6) is 0 Å². The second-order valence-corrected chi connectivity index (χ2v) is 6.93. The number of aryl methyl sites for hydroxylation is 1. The molecule has 126 valence electrons. The number of nitrogens with one attached hydrogen (secondary N) is 1. The average molecular weight is 436 g/mol. The summed E-state index contributed by atoms with van der Waals surface area (Å²) in [5.41, 5.74) is 0. The SMILES string of the molecule is CCNC(=NCCc1ncc(CC)s1)N1CCC(C)CC1.I. The summed E-state index contributed by atoms with van der Waals surface area (Å²) in [7, 11) is 0. The van der Waals surface area contributed by atoms with E-state index in [2.05, 4.69) is 36.0 Å². The smallest absolute Gasteiger partial charge is 0.193 e. The third-order valence-electron chi connectivity index (χ3n) is 3.96. The van der Waals surface area contributed by atoms with Crippen molar-refractivity contribution in [1.82, 2.24) is 15.2 Å². The third kappa shape index (κ3) is 6.02. The summed E-state index contributed by atoms with van der Waals surface area (Å²) in [6, 6.07) is 0. The molecule has 1 aromatic rings. The van der Waals surface area contributed by atoms with Crippen molar-refractivity contribution in [3.8, 4) is 0 Å². The zero-order valence-electron chi connectivity index (χ0n) is 14.0. The van der Waals surface area contributed by atoms with Crippen molar-refractivity contribution in [3.05, 3.63) is 16.1 Å². The molecule has 1 saturated heterocycles. The molecule has 0 radical (unpaired) electrons. The molecule has 2 rings (SSSR count). The number of thiazole rings is 1. The topological polar surface area (TPSA) is 40.5 Å². The molecule has 6 heteroatoms. The highest BCUT2D eigenvalue weighted by atomic mass is 127. The molecule has 0 aliphatic carbocycles. The molecule has 0 saturated carbocycles. The molecular formula is C16H29IN4S. The van der Waals surface area contributed by atoms with Crippen LogP contribution < -0.4 is 5.32 Å². The van der Waals surface area contributed by atoms with Gasteiger partial charge in [-0.3, -0.25) is 4.99 Å². The molecule has 2 heterocycles. The predicted molar refractivity (Wildman–Crippen MR) is 107 cm³/mol. The lowest BCUT2D eigenvalue weighted by Crippen LogP contribution is -2.45. The number of nitrogens with zero attached hydrogens (tertiary/aromatic N) is 3. The molecule has 4 nitrogen and oxygen atoms in total. The van der Waals surface area contributed by atoms with Gasteiger partial charge in [0.2, 0.25) is 0 Å². The van der Waals surface area contributed by atoms with Gasteiger partial charge in [0.05, 0.1) is 5.01 Å². The summed E-state index contributed by atoms with van der Waals surface area (Å²) in [4.78, 5) is 13.0. The van der Waals surface area contributed by atoms with E-state index in [-0.39, 0.29) is 24.0 Å². The van der Waals surface area contributed by atoms with Crippen molar-refractivity contribution in [3.63, 3.8) is 0 Å². The first-order chi connectivity index (χ1) is 10.2. The van der Waals surface area contributed by atoms with Gasteiger partial charge < -0.3 is 10.2 Å². The highest BCUT2D eigenvalue weighted by molar-refractivity contribution is 14.0. The normalized spacial score (nSPS) is 16.5. The maximum Gasteiger partial charge on any atom is 0.193 e. The molecule has 1 aliphatic rings. The van der Waals surface area contributed by atoms with Crippen LogP contribution in [0.4, 0.5) is 0 Å². The molecule has 0 atom stereocenters. The van der Waals surface area contributed by atoms with Gasteiger partial charge in [-0.15, -0.1) is 35.3 Å². The van der Waals surface area contributed by atoms with E-state index in [0.29, 0.717) is 0 Å². The molecular weight excluding hydrogens is 407 g/mol. The van der Waals surface area contributed by atoms with Crippen molar-refractivity contribution in [2.24, 2.45) is 10.9 Å². The Balaban J connectivity index is 0.00000242. The number of hydrogen-bond acceptors (Lipinski definition) is 3. The fraction of sp³-hybridized carbons (Fsp3) is 0.750. The molecule has 1 aliphatic heterocycles. The lowest BCUT2D eigenvalue weighted by atomic mass is 10.00. The van der Waals surface area contributed by atoms with Crippen molar-refractivity contribution in [2.45, 2.75) is 46.5 Å². The summed E-state index contributed by atoms with van der Waals surface area (Å²) in [6.07, 6.45) is 6.58. The third-order valence-corrected chi connectivity index (χ3v) is 5.16. The van der Waals surface area contributed by atoms with E-state index in [1.807, 2.05) is 17.5 Å². The van der Waals surface area contributed by atoms with Gasteiger partial charge >= 0.3 is 0 Å². The number of rotatable bonds is 5. The van der Waals surface area contributed by atoms with Gasteiger partial charge in [0.1, 0.15) is 0 Å². The minimum absolute atomic E-state index is 0. The second kappa shape index (κ2) is 10.4. The molecule has 1 fully saturated rings. The summed E-state index contributed by atoms with van der Waals surface area (Å²) in [6.45, 7) is 10.7. The van der Waals surface area contributed by atoms with Gasteiger partial charge in [-0.05, 0) is 32.1 Å². The number of piperidine rings is 1. The van der Waals surface area contributed by atoms with E-state index in [0.717, 1.165) is 50.9 Å². The highest BCUT2D eigenvalue weighted by Crippen LogP contribution is 2.16. The van der Waals surface area contributed by atoms with Crippen molar-refractivity contribution < 1.29 is 0 Å². The first-order valence-corrected chi connectivity index (χ1v) is 9.01. The summed E-state index contributed by atoms with van der Waals surface area (Å²) >= 11 is 1.82. The number of hydrogen-bond donors (Lipinski definition) is 1. The standard InChI is InChI=1S/C16H28N4S.HI/c1-4-14-12-19-15(21-14)6-9-18-16(17-5-2)20-10-7-13(3)8-11-20;/h12-13H,4-11H2,1-3H3,(H,17,18);1H. The van der Waals surface area contributed by atoms with Crippen LogP contribution in [-0.2, 0) is 12.8 Å². The van der Waals surface area contributed by atoms with Crippen molar-refractivity contribution in [1.29, 1.82) is 0 Å². The minimum Gasteiger partial charge on any atom is -0.357 e. The largest absolute Gasteiger partial charge is 0.357 e. The number of aromatic nitrogens is 1. The van der Waals surface area contributed by atoms with E-state index < -0.39 is 0 Å². The Bertz CT molecular complexity index is 453. The Hall–Kier alpha value is -0.370. The summed E-state index contributed by atoms with van der Waals surface area (Å²) < 4.78 is 0.